The maximum Gasteiger partial charge on any atom is 0.182 e. The number of hydrogen-bond donors (Lipinski definition) is 1. The summed E-state index contributed by atoms with van der Waals surface area (Å²) in [5.41, 5.74) is 3.39. The van der Waals surface area contributed by atoms with Gasteiger partial charge in [0.25, 0.3) is 0 Å². The molecule has 1 N–H and O–H groups in total. The highest BCUT2D eigenvalue weighted by atomic mass is 32.1. The van der Waals surface area contributed by atoms with Crippen molar-refractivity contribution < 1.29 is 0 Å². The fourth-order valence-corrected chi connectivity index (χ4v) is 1.98. The molecule has 4 heteroatoms. The van der Waals surface area contributed by atoms with Crippen LogP contribution < -0.4 is 4.90 Å². The predicted octanol–water partition coefficient (Wildman–Crippen LogP) is 2.91. The maximum absolute atomic E-state index is 5.24. The summed E-state index contributed by atoms with van der Waals surface area (Å²) in [7, 11) is 4.06. The second kappa shape index (κ2) is 4.14. The van der Waals surface area contributed by atoms with Gasteiger partial charge >= 0.3 is 0 Å². The molecule has 84 valence electrons. The summed E-state index contributed by atoms with van der Waals surface area (Å²) in [6.07, 6.45) is 1.92. The summed E-state index contributed by atoms with van der Waals surface area (Å²) in [5.74, 6) is 0. The number of aromatic nitrogens is 2. The third kappa shape index (κ3) is 1.88. The molecule has 0 saturated carbocycles. The summed E-state index contributed by atoms with van der Waals surface area (Å²) >= 11 is 5.24. The third-order valence-electron chi connectivity index (χ3n) is 2.58. The first-order chi connectivity index (χ1) is 7.59. The molecule has 0 radical (unpaired) electrons. The van der Waals surface area contributed by atoms with Gasteiger partial charge < -0.3 is 9.88 Å². The fraction of sp³-hybridized carbons (Fsp3) is 0.250. The molecule has 2 aromatic rings. The van der Waals surface area contributed by atoms with Gasteiger partial charge in [-0.15, -0.1) is 0 Å². The molecule has 0 spiro atoms. The van der Waals surface area contributed by atoms with Crippen LogP contribution in [0.1, 0.15) is 5.69 Å². The van der Waals surface area contributed by atoms with Gasteiger partial charge in [0.2, 0.25) is 0 Å². The number of aryl methyl sites for hydroxylation is 1. The van der Waals surface area contributed by atoms with Gasteiger partial charge in [-0.3, -0.25) is 4.57 Å². The van der Waals surface area contributed by atoms with Gasteiger partial charge in [0.05, 0.1) is 0 Å². The molecule has 0 aliphatic heterocycles. The Bertz CT molecular complexity index is 534. The monoisotopic (exact) mass is 233 g/mol. The second-order valence-corrected chi connectivity index (χ2v) is 4.37. The first-order valence-electron chi connectivity index (χ1n) is 5.14. The Hall–Kier alpha value is -1.55. The van der Waals surface area contributed by atoms with Crippen LogP contribution in [0.25, 0.3) is 5.69 Å². The van der Waals surface area contributed by atoms with Crippen LogP contribution in [-0.2, 0) is 0 Å². The van der Waals surface area contributed by atoms with Crippen molar-refractivity contribution in [3.8, 4) is 5.69 Å². The van der Waals surface area contributed by atoms with E-state index in [0.29, 0.717) is 0 Å². The highest BCUT2D eigenvalue weighted by molar-refractivity contribution is 7.71. The Morgan fingerprint density at radius 3 is 2.25 bits per heavy atom. The minimum atomic E-state index is 0.732. The van der Waals surface area contributed by atoms with Crippen molar-refractivity contribution in [2.75, 3.05) is 19.0 Å². The van der Waals surface area contributed by atoms with E-state index in [2.05, 4.69) is 34.1 Å². The van der Waals surface area contributed by atoms with Crippen molar-refractivity contribution in [1.29, 1.82) is 0 Å². The smallest absolute Gasteiger partial charge is 0.182 e. The quantitative estimate of drug-likeness (QED) is 0.806. The highest BCUT2D eigenvalue weighted by Crippen LogP contribution is 2.17. The van der Waals surface area contributed by atoms with E-state index in [9.17, 15) is 0 Å². The Balaban J connectivity index is 2.46. The van der Waals surface area contributed by atoms with Crippen molar-refractivity contribution >= 4 is 17.9 Å². The van der Waals surface area contributed by atoms with Gasteiger partial charge in [0, 0.05) is 37.4 Å². The van der Waals surface area contributed by atoms with Crippen molar-refractivity contribution in [3.63, 3.8) is 0 Å². The van der Waals surface area contributed by atoms with Crippen LogP contribution in [0.5, 0.6) is 0 Å². The van der Waals surface area contributed by atoms with Crippen molar-refractivity contribution in [2.45, 2.75) is 6.92 Å². The van der Waals surface area contributed by atoms with Crippen molar-refractivity contribution in [1.82, 2.24) is 9.55 Å². The summed E-state index contributed by atoms with van der Waals surface area (Å²) in [6.45, 7) is 2.03. The van der Waals surface area contributed by atoms with E-state index in [4.69, 9.17) is 12.2 Å². The molecule has 0 aliphatic rings. The van der Waals surface area contributed by atoms with Gasteiger partial charge in [-0.1, -0.05) is 0 Å². The predicted molar refractivity (Wildman–Crippen MR) is 70.0 cm³/mol. The van der Waals surface area contributed by atoms with Crippen LogP contribution in [0.3, 0.4) is 0 Å². The molecule has 1 aromatic carbocycles. The van der Waals surface area contributed by atoms with Crippen molar-refractivity contribution in [2.24, 2.45) is 0 Å². The second-order valence-electron chi connectivity index (χ2n) is 3.98. The van der Waals surface area contributed by atoms with Crippen LogP contribution in [0, 0.1) is 11.7 Å². The zero-order valence-corrected chi connectivity index (χ0v) is 10.5. The van der Waals surface area contributed by atoms with Gasteiger partial charge in [-0.05, 0) is 43.4 Å². The molecule has 0 unspecified atom stereocenters. The van der Waals surface area contributed by atoms with E-state index >= 15 is 0 Å². The van der Waals surface area contributed by atoms with Crippen LogP contribution in [0.15, 0.2) is 30.5 Å². The SMILES string of the molecule is Cc1c[nH]c(=S)n1-c1ccc(N(C)C)cc1. The number of imidazole rings is 1. The van der Waals surface area contributed by atoms with Gasteiger partial charge in [0.15, 0.2) is 4.77 Å². The number of anilines is 1. The lowest BCUT2D eigenvalue weighted by Crippen LogP contribution is -2.08. The largest absolute Gasteiger partial charge is 0.378 e. The topological polar surface area (TPSA) is 24.0 Å². The zero-order valence-electron chi connectivity index (χ0n) is 9.69. The molecule has 0 amide bonds. The molecule has 1 heterocycles. The summed E-state index contributed by atoms with van der Waals surface area (Å²) < 4.78 is 2.75. The van der Waals surface area contributed by atoms with Crippen molar-refractivity contribution in [3.05, 3.63) is 40.9 Å². The summed E-state index contributed by atoms with van der Waals surface area (Å²) in [5, 5.41) is 0. The molecular formula is C12H15N3S. The molecule has 0 atom stereocenters. The third-order valence-corrected chi connectivity index (χ3v) is 2.89. The Labute approximate surface area is 100 Å². The fourth-order valence-electron chi connectivity index (χ4n) is 1.68. The minimum Gasteiger partial charge on any atom is -0.378 e. The molecule has 0 bridgehead atoms. The Kier molecular flexibility index (Phi) is 2.83. The van der Waals surface area contributed by atoms with Gasteiger partial charge in [0.1, 0.15) is 0 Å². The average Bonchev–Trinajstić information content (AvgIpc) is 2.59. The lowest BCUT2D eigenvalue weighted by molar-refractivity contribution is 0.983. The number of benzene rings is 1. The molecular weight excluding hydrogens is 218 g/mol. The van der Waals surface area contributed by atoms with Crippen LogP contribution in [0.2, 0.25) is 0 Å². The molecule has 2 rings (SSSR count). The van der Waals surface area contributed by atoms with E-state index in [1.54, 1.807) is 0 Å². The number of nitrogens with one attached hydrogen (secondary N) is 1. The number of hydrogen-bond acceptors (Lipinski definition) is 2. The van der Waals surface area contributed by atoms with E-state index in [0.717, 1.165) is 16.2 Å². The molecule has 1 aromatic heterocycles. The molecule has 0 fully saturated rings. The first-order valence-corrected chi connectivity index (χ1v) is 5.55. The maximum atomic E-state index is 5.24. The number of rotatable bonds is 2. The molecule has 3 nitrogen and oxygen atoms in total. The van der Waals surface area contributed by atoms with Gasteiger partial charge in [-0.25, -0.2) is 0 Å². The highest BCUT2D eigenvalue weighted by Gasteiger charge is 2.02. The average molecular weight is 233 g/mol. The molecule has 0 aliphatic carbocycles. The van der Waals surface area contributed by atoms with E-state index in [1.165, 1.54) is 5.69 Å². The standard InChI is InChI=1S/C12H15N3S/c1-9-8-13-12(16)15(9)11-6-4-10(5-7-11)14(2)3/h4-8H,1-3H3,(H,13,16). The minimum absolute atomic E-state index is 0.732. The molecule has 16 heavy (non-hydrogen) atoms. The van der Waals surface area contributed by atoms with E-state index in [-0.39, 0.29) is 0 Å². The van der Waals surface area contributed by atoms with Crippen LogP contribution in [0.4, 0.5) is 5.69 Å². The summed E-state index contributed by atoms with van der Waals surface area (Å²) in [4.78, 5) is 5.12. The normalized spacial score (nSPS) is 10.4. The van der Waals surface area contributed by atoms with E-state index in [1.807, 2.05) is 31.8 Å². The Morgan fingerprint density at radius 2 is 1.81 bits per heavy atom. The zero-order chi connectivity index (χ0) is 11.7. The number of aromatic amines is 1. The first kappa shape index (κ1) is 11.0. The molecule has 0 saturated heterocycles. The summed E-state index contributed by atoms with van der Waals surface area (Å²) in [6, 6.07) is 8.32. The number of nitrogens with zero attached hydrogens (tertiary/aromatic N) is 2. The van der Waals surface area contributed by atoms with Crippen LogP contribution in [-0.4, -0.2) is 23.6 Å². The number of H-pyrrole nitrogens is 1. The lowest BCUT2D eigenvalue weighted by atomic mass is 10.2. The van der Waals surface area contributed by atoms with Gasteiger partial charge in [-0.2, -0.15) is 0 Å². The Morgan fingerprint density at radius 1 is 1.19 bits per heavy atom. The van der Waals surface area contributed by atoms with Crippen LogP contribution >= 0.6 is 12.2 Å². The lowest BCUT2D eigenvalue weighted by Gasteiger charge is -2.13. The van der Waals surface area contributed by atoms with E-state index < -0.39 is 0 Å².